The molecule has 7 nitrogen and oxygen atoms in total. The van der Waals surface area contributed by atoms with E-state index in [0.29, 0.717) is 37.7 Å². The van der Waals surface area contributed by atoms with Crippen LogP contribution in [0.1, 0.15) is 69.8 Å². The summed E-state index contributed by atoms with van der Waals surface area (Å²) in [4.78, 5) is 15.2. The third-order valence-corrected chi connectivity index (χ3v) is 8.38. The van der Waals surface area contributed by atoms with Gasteiger partial charge in [0.2, 0.25) is 0 Å². The molecular formula is C28H46ClN3O4. The second-order valence-electron chi connectivity index (χ2n) is 10.7. The number of piperidine rings is 1. The number of halogens is 1. The summed E-state index contributed by atoms with van der Waals surface area (Å²) in [5.74, 6) is 0.121. The lowest BCUT2D eigenvalue weighted by molar-refractivity contribution is -0.0566. The molecule has 3 rings (SSSR count). The number of methoxy groups -OCH3 is 1. The standard InChI is InChI=1S/C28H46ClN3O4/c1-30-19-25(26(33)21-10-4-3-5-11-21)31-27(34)32-16-9-13-23(20-32)28(35,15-6-7-17-36-2)22-12-8-14-24(29)18-22/h8,12,14,18,21,23,25-26,30,33,35H,3-7,9-11,13,15-17,19-20H2,1-2H3,(H,31,34). The summed E-state index contributed by atoms with van der Waals surface area (Å²) in [6.07, 6.45) is 8.89. The largest absolute Gasteiger partial charge is 0.391 e. The number of aliphatic hydroxyl groups is 2. The van der Waals surface area contributed by atoms with E-state index in [0.717, 1.165) is 56.9 Å². The van der Waals surface area contributed by atoms with E-state index in [2.05, 4.69) is 10.6 Å². The fourth-order valence-corrected chi connectivity index (χ4v) is 6.26. The summed E-state index contributed by atoms with van der Waals surface area (Å²) in [5, 5.41) is 30.0. The molecule has 4 atom stereocenters. The van der Waals surface area contributed by atoms with Crippen LogP contribution in [0.15, 0.2) is 24.3 Å². The highest BCUT2D eigenvalue weighted by Crippen LogP contribution is 2.40. The average Bonchev–Trinajstić information content (AvgIpc) is 2.91. The van der Waals surface area contributed by atoms with Gasteiger partial charge in [-0.2, -0.15) is 0 Å². The van der Waals surface area contributed by atoms with Gasteiger partial charge in [-0.1, -0.05) is 43.0 Å². The van der Waals surface area contributed by atoms with Crippen molar-refractivity contribution in [1.82, 2.24) is 15.5 Å². The summed E-state index contributed by atoms with van der Waals surface area (Å²) in [5.41, 5.74) is -0.274. The van der Waals surface area contributed by atoms with Crippen molar-refractivity contribution in [2.24, 2.45) is 11.8 Å². The number of aliphatic hydroxyl groups excluding tert-OH is 1. The van der Waals surface area contributed by atoms with Gasteiger partial charge in [-0.25, -0.2) is 4.79 Å². The highest BCUT2D eigenvalue weighted by Gasteiger charge is 2.41. The zero-order chi connectivity index (χ0) is 26.0. The van der Waals surface area contributed by atoms with E-state index in [4.69, 9.17) is 16.3 Å². The smallest absolute Gasteiger partial charge is 0.317 e. The molecule has 0 bridgehead atoms. The third kappa shape index (κ3) is 7.81. The molecule has 8 heteroatoms. The number of urea groups is 1. The number of likely N-dealkylation sites (tertiary alicyclic amines) is 1. The number of unbranched alkanes of at least 4 members (excludes halogenated alkanes) is 1. The number of rotatable bonds is 12. The first-order valence-electron chi connectivity index (χ1n) is 13.7. The van der Waals surface area contributed by atoms with Crippen molar-refractivity contribution in [3.63, 3.8) is 0 Å². The lowest BCUT2D eigenvalue weighted by atomic mass is 9.74. The molecule has 1 aliphatic heterocycles. The van der Waals surface area contributed by atoms with Gasteiger partial charge in [0.05, 0.1) is 17.7 Å². The van der Waals surface area contributed by atoms with Gasteiger partial charge in [0, 0.05) is 44.3 Å². The number of nitrogens with one attached hydrogen (secondary N) is 2. The Bertz CT molecular complexity index is 807. The Labute approximate surface area is 221 Å². The molecule has 1 heterocycles. The third-order valence-electron chi connectivity index (χ3n) is 8.14. The van der Waals surface area contributed by atoms with E-state index in [1.54, 1.807) is 7.11 Å². The minimum absolute atomic E-state index is 0.107. The van der Waals surface area contributed by atoms with Crippen molar-refractivity contribution in [3.8, 4) is 0 Å². The Balaban J connectivity index is 1.71. The van der Waals surface area contributed by atoms with E-state index >= 15 is 0 Å². The Morgan fingerprint density at radius 3 is 2.69 bits per heavy atom. The highest BCUT2D eigenvalue weighted by atomic mass is 35.5. The van der Waals surface area contributed by atoms with Gasteiger partial charge in [-0.05, 0) is 75.6 Å². The molecule has 0 aromatic heterocycles. The number of benzene rings is 1. The van der Waals surface area contributed by atoms with E-state index in [1.807, 2.05) is 36.2 Å². The summed E-state index contributed by atoms with van der Waals surface area (Å²) >= 11 is 6.30. The van der Waals surface area contributed by atoms with Crippen molar-refractivity contribution in [2.45, 2.75) is 82.0 Å². The van der Waals surface area contributed by atoms with Crippen LogP contribution in [0.25, 0.3) is 0 Å². The zero-order valence-electron chi connectivity index (χ0n) is 22.1. The van der Waals surface area contributed by atoms with Crippen LogP contribution < -0.4 is 10.6 Å². The number of likely N-dealkylation sites (N-methyl/N-ethyl adjacent to an activating group) is 1. The van der Waals surface area contributed by atoms with E-state index < -0.39 is 11.7 Å². The molecule has 1 aromatic carbocycles. The van der Waals surface area contributed by atoms with Crippen LogP contribution in [0.3, 0.4) is 0 Å². The minimum Gasteiger partial charge on any atom is -0.391 e. The monoisotopic (exact) mass is 523 g/mol. The SMILES string of the molecule is CNCC(NC(=O)N1CCCC(C(O)(CCCCOC)c2cccc(Cl)c2)C1)C(O)C1CCCCC1. The Hall–Kier alpha value is -1.38. The van der Waals surface area contributed by atoms with Crippen molar-refractivity contribution < 1.29 is 19.7 Å². The predicted octanol–water partition coefficient (Wildman–Crippen LogP) is 4.30. The fraction of sp³-hybridized carbons (Fsp3) is 0.750. The molecule has 1 saturated heterocycles. The molecule has 4 unspecified atom stereocenters. The Morgan fingerprint density at radius 1 is 1.22 bits per heavy atom. The molecular weight excluding hydrogens is 478 g/mol. The minimum atomic E-state index is -1.08. The lowest BCUT2D eigenvalue weighted by Gasteiger charge is -2.43. The Morgan fingerprint density at radius 2 is 2.00 bits per heavy atom. The number of amides is 2. The van der Waals surface area contributed by atoms with Crippen LogP contribution in [0.4, 0.5) is 4.79 Å². The van der Waals surface area contributed by atoms with Gasteiger partial charge in [0.15, 0.2) is 0 Å². The first-order chi connectivity index (χ1) is 17.4. The number of ether oxygens (including phenoxy) is 1. The van der Waals surface area contributed by atoms with Crippen molar-refractivity contribution in [3.05, 3.63) is 34.9 Å². The predicted molar refractivity (Wildman–Crippen MR) is 144 cm³/mol. The van der Waals surface area contributed by atoms with Gasteiger partial charge >= 0.3 is 6.03 Å². The molecule has 2 aliphatic rings. The summed E-state index contributed by atoms with van der Waals surface area (Å²) < 4.78 is 5.21. The molecule has 1 aromatic rings. The van der Waals surface area contributed by atoms with Crippen molar-refractivity contribution >= 4 is 17.6 Å². The molecule has 0 spiro atoms. The molecule has 36 heavy (non-hydrogen) atoms. The first-order valence-corrected chi connectivity index (χ1v) is 14.1. The van der Waals surface area contributed by atoms with Crippen molar-refractivity contribution in [2.75, 3.05) is 40.4 Å². The van der Waals surface area contributed by atoms with Crippen LogP contribution in [-0.2, 0) is 10.3 Å². The summed E-state index contributed by atoms with van der Waals surface area (Å²) in [7, 11) is 3.53. The molecule has 2 amide bonds. The fourth-order valence-electron chi connectivity index (χ4n) is 6.07. The number of hydrogen-bond donors (Lipinski definition) is 4. The van der Waals surface area contributed by atoms with Crippen LogP contribution in [0, 0.1) is 11.8 Å². The van der Waals surface area contributed by atoms with Gasteiger partial charge in [0.25, 0.3) is 0 Å². The zero-order valence-corrected chi connectivity index (χ0v) is 22.8. The Kier molecular flexibility index (Phi) is 11.8. The van der Waals surface area contributed by atoms with Crippen LogP contribution in [-0.4, -0.2) is 73.7 Å². The van der Waals surface area contributed by atoms with Crippen LogP contribution in [0.2, 0.25) is 5.02 Å². The maximum atomic E-state index is 13.4. The van der Waals surface area contributed by atoms with Crippen LogP contribution >= 0.6 is 11.6 Å². The highest BCUT2D eigenvalue weighted by molar-refractivity contribution is 6.30. The first kappa shape index (κ1) is 29.2. The number of carbonyl (C=O) groups is 1. The molecule has 4 N–H and O–H groups in total. The van der Waals surface area contributed by atoms with Gasteiger partial charge in [-0.15, -0.1) is 0 Å². The summed E-state index contributed by atoms with van der Waals surface area (Å²) in [6.45, 7) is 2.28. The molecule has 0 radical (unpaired) electrons. The normalized spacial score (nSPS) is 22.6. The number of nitrogens with zero attached hydrogens (tertiary/aromatic N) is 1. The molecule has 204 valence electrons. The lowest BCUT2D eigenvalue weighted by Crippen LogP contribution is -2.57. The summed E-state index contributed by atoms with van der Waals surface area (Å²) in [6, 6.07) is 6.97. The second-order valence-corrected chi connectivity index (χ2v) is 11.1. The van der Waals surface area contributed by atoms with Crippen LogP contribution in [0.5, 0.6) is 0 Å². The molecule has 2 fully saturated rings. The number of carbonyl (C=O) groups excluding carboxylic acids is 1. The molecule has 1 aliphatic carbocycles. The van der Waals surface area contributed by atoms with Gasteiger partial charge in [-0.3, -0.25) is 0 Å². The second kappa shape index (κ2) is 14.5. The maximum Gasteiger partial charge on any atom is 0.317 e. The maximum absolute atomic E-state index is 13.4. The van der Waals surface area contributed by atoms with Gasteiger partial charge in [0.1, 0.15) is 0 Å². The van der Waals surface area contributed by atoms with Gasteiger partial charge < -0.3 is 30.5 Å². The molecule has 1 saturated carbocycles. The van der Waals surface area contributed by atoms with E-state index in [-0.39, 0.29) is 23.9 Å². The number of hydrogen-bond acceptors (Lipinski definition) is 5. The topological polar surface area (TPSA) is 94.1 Å². The quantitative estimate of drug-likeness (QED) is 0.306. The van der Waals surface area contributed by atoms with Crippen molar-refractivity contribution in [1.29, 1.82) is 0 Å². The average molecular weight is 524 g/mol. The van der Waals surface area contributed by atoms with E-state index in [9.17, 15) is 15.0 Å². The van der Waals surface area contributed by atoms with E-state index in [1.165, 1.54) is 6.42 Å².